The molecule has 0 saturated carbocycles. The van der Waals surface area contributed by atoms with E-state index < -0.39 is 11.0 Å². The molecule has 0 fully saturated rings. The number of esters is 1. The first-order valence-electron chi connectivity index (χ1n) is 10.5. The predicted molar refractivity (Wildman–Crippen MR) is 154 cm³/mol. The number of ketones is 1. The van der Waals surface area contributed by atoms with Gasteiger partial charge in [-0.05, 0) is 33.6 Å². The third-order valence-electron chi connectivity index (χ3n) is 4.11. The molecular formula is C30H56O6. The van der Waals surface area contributed by atoms with Crippen molar-refractivity contribution < 1.29 is 28.5 Å². The van der Waals surface area contributed by atoms with Crippen molar-refractivity contribution in [1.29, 1.82) is 0 Å². The molecule has 6 heteroatoms. The molecule has 6 nitrogen and oxygen atoms in total. The third-order valence-corrected chi connectivity index (χ3v) is 4.11. The highest BCUT2D eigenvalue weighted by atomic mass is 16.6. The number of carbonyl (C=O) groups excluding carboxylic acids is 2. The maximum atomic E-state index is 12.7. The fraction of sp³-hybridized carbons (Fsp3) is 0.733. The minimum atomic E-state index is -0.724. The van der Waals surface area contributed by atoms with Crippen LogP contribution >= 0.6 is 0 Å². The first-order valence-corrected chi connectivity index (χ1v) is 10.5. The van der Waals surface area contributed by atoms with Crippen molar-refractivity contribution in [3.63, 3.8) is 0 Å². The van der Waals surface area contributed by atoms with E-state index >= 15 is 0 Å². The molecule has 36 heavy (non-hydrogen) atoms. The fourth-order valence-corrected chi connectivity index (χ4v) is 2.92. The van der Waals surface area contributed by atoms with Gasteiger partial charge in [0.2, 0.25) is 0 Å². The second-order valence-corrected chi connectivity index (χ2v) is 8.45. The second-order valence-electron chi connectivity index (χ2n) is 8.45. The van der Waals surface area contributed by atoms with Crippen LogP contribution in [-0.4, -0.2) is 57.0 Å². The zero-order valence-electron chi connectivity index (χ0n) is 19.2. The summed E-state index contributed by atoms with van der Waals surface area (Å²) in [5.41, 5.74) is -1.21. The topological polar surface area (TPSA) is 71.1 Å². The average molecular weight is 513 g/mol. The van der Waals surface area contributed by atoms with Gasteiger partial charge in [0.05, 0.1) is 19.8 Å². The molecule has 0 aliphatic heterocycles. The number of ether oxygens (including phenoxy) is 4. The molecule has 0 amide bonds. The van der Waals surface area contributed by atoms with Gasteiger partial charge in [0.15, 0.2) is 0 Å². The van der Waals surface area contributed by atoms with E-state index in [1.807, 2.05) is 20.8 Å². The van der Waals surface area contributed by atoms with E-state index in [2.05, 4.69) is 17.8 Å². The first-order chi connectivity index (χ1) is 14.7. The number of terminal acetylenes is 3. The summed E-state index contributed by atoms with van der Waals surface area (Å²) in [7, 11) is 0. The maximum Gasteiger partial charge on any atom is 0.306 e. The Morgan fingerprint density at radius 2 is 1.06 bits per heavy atom. The standard InChI is InChI=1S/C25H36O6.5CH4/c1-7-15-28-19-25(20-29-16-8-2,21-30-17-9-3)18-22(26)13-11-10-12-14-23(27)31-24(4,5)6;;;;;/h1-3H,10-21H2,4-6H3;5*1H4. The van der Waals surface area contributed by atoms with Crippen LogP contribution in [0.5, 0.6) is 0 Å². The van der Waals surface area contributed by atoms with E-state index in [4.69, 9.17) is 38.2 Å². The molecule has 0 spiro atoms. The Bertz CT molecular complexity index is 605. The second kappa shape index (κ2) is 27.3. The Morgan fingerprint density at radius 3 is 1.42 bits per heavy atom. The summed E-state index contributed by atoms with van der Waals surface area (Å²) >= 11 is 0. The smallest absolute Gasteiger partial charge is 0.306 e. The van der Waals surface area contributed by atoms with Crippen LogP contribution in [0.4, 0.5) is 0 Å². The third kappa shape index (κ3) is 26.3. The van der Waals surface area contributed by atoms with Crippen molar-refractivity contribution in [2.75, 3.05) is 39.6 Å². The molecule has 0 aromatic heterocycles. The summed E-state index contributed by atoms with van der Waals surface area (Å²) in [4.78, 5) is 24.4. The molecule has 0 heterocycles. The number of hydrogen-bond donors (Lipinski definition) is 0. The molecule has 0 bridgehead atoms. The number of carbonyl (C=O) groups is 2. The van der Waals surface area contributed by atoms with Gasteiger partial charge in [-0.2, -0.15) is 0 Å². The number of hydrogen-bond acceptors (Lipinski definition) is 6. The highest BCUT2D eigenvalue weighted by Crippen LogP contribution is 2.26. The number of unbranched alkanes of at least 4 members (excludes halogenated alkanes) is 2. The van der Waals surface area contributed by atoms with Crippen LogP contribution in [0.15, 0.2) is 0 Å². The zero-order valence-corrected chi connectivity index (χ0v) is 19.2. The van der Waals surface area contributed by atoms with Crippen LogP contribution < -0.4 is 0 Å². The summed E-state index contributed by atoms with van der Waals surface area (Å²) in [6.45, 7) is 6.43. The van der Waals surface area contributed by atoms with Crippen LogP contribution in [0.25, 0.3) is 0 Å². The first kappa shape index (κ1) is 47.0. The van der Waals surface area contributed by atoms with Crippen molar-refractivity contribution in [2.45, 2.75) is 102 Å². The van der Waals surface area contributed by atoms with Gasteiger partial charge < -0.3 is 18.9 Å². The molecule has 0 radical (unpaired) electrons. The van der Waals surface area contributed by atoms with Gasteiger partial charge in [0.25, 0.3) is 0 Å². The molecule has 0 unspecified atom stereocenters. The molecule has 0 rings (SSSR count). The van der Waals surface area contributed by atoms with Crippen molar-refractivity contribution in [2.24, 2.45) is 5.41 Å². The lowest BCUT2D eigenvalue weighted by Crippen LogP contribution is -2.39. The lowest BCUT2D eigenvalue weighted by atomic mass is 9.84. The van der Waals surface area contributed by atoms with Gasteiger partial charge in [-0.15, -0.1) is 19.3 Å². The van der Waals surface area contributed by atoms with Crippen LogP contribution in [0.2, 0.25) is 0 Å². The molecule has 0 aliphatic carbocycles. The monoisotopic (exact) mass is 512 g/mol. The lowest BCUT2D eigenvalue weighted by molar-refractivity contribution is -0.154. The molecular weight excluding hydrogens is 456 g/mol. The molecule has 0 saturated heterocycles. The summed E-state index contributed by atoms with van der Waals surface area (Å²) in [5, 5.41) is 0. The Hall–Kier alpha value is -2.30. The van der Waals surface area contributed by atoms with E-state index in [-0.39, 0.29) is 94.9 Å². The fourth-order valence-electron chi connectivity index (χ4n) is 2.92. The van der Waals surface area contributed by atoms with Crippen molar-refractivity contribution in [3.8, 4) is 37.0 Å². The normalized spacial score (nSPS) is 9.67. The minimum absolute atomic E-state index is 0. The van der Waals surface area contributed by atoms with Gasteiger partial charge in [-0.3, -0.25) is 9.59 Å². The summed E-state index contributed by atoms with van der Waals surface area (Å²) in [5.74, 6) is 7.05. The highest BCUT2D eigenvalue weighted by Gasteiger charge is 2.34. The highest BCUT2D eigenvalue weighted by molar-refractivity contribution is 5.79. The van der Waals surface area contributed by atoms with Crippen molar-refractivity contribution in [1.82, 2.24) is 0 Å². The van der Waals surface area contributed by atoms with Gasteiger partial charge in [-0.1, -0.05) is 61.3 Å². The summed E-state index contributed by atoms with van der Waals surface area (Å²) in [6.07, 6.45) is 18.8. The average Bonchev–Trinajstić information content (AvgIpc) is 2.67. The Balaban J connectivity index is -0.000000450. The Labute approximate surface area is 224 Å². The number of Topliss-reactive ketones (excluding diaryl/α,β-unsaturated/α-hetero) is 1. The maximum absolute atomic E-state index is 12.7. The predicted octanol–water partition coefficient (Wildman–Crippen LogP) is 6.35. The van der Waals surface area contributed by atoms with Crippen LogP contribution in [0.1, 0.15) is 96.4 Å². The van der Waals surface area contributed by atoms with E-state index in [9.17, 15) is 9.59 Å². The molecule has 0 N–H and O–H groups in total. The summed E-state index contributed by atoms with van der Waals surface area (Å²) in [6, 6.07) is 0. The Morgan fingerprint density at radius 1 is 0.667 bits per heavy atom. The van der Waals surface area contributed by atoms with Gasteiger partial charge >= 0.3 is 5.97 Å². The van der Waals surface area contributed by atoms with Gasteiger partial charge in [0, 0.05) is 24.7 Å². The zero-order chi connectivity index (χ0) is 23.6. The van der Waals surface area contributed by atoms with Crippen LogP contribution in [-0.2, 0) is 28.5 Å². The summed E-state index contributed by atoms with van der Waals surface area (Å²) < 4.78 is 21.8. The lowest BCUT2D eigenvalue weighted by Gasteiger charge is -2.32. The van der Waals surface area contributed by atoms with Gasteiger partial charge in [0.1, 0.15) is 31.2 Å². The molecule has 0 aromatic rings. The molecule has 0 aliphatic rings. The molecule has 212 valence electrons. The number of rotatable bonds is 17. The minimum Gasteiger partial charge on any atom is -0.460 e. The van der Waals surface area contributed by atoms with E-state index in [1.54, 1.807) is 0 Å². The van der Waals surface area contributed by atoms with Crippen molar-refractivity contribution >= 4 is 11.8 Å². The van der Waals surface area contributed by atoms with Crippen molar-refractivity contribution in [3.05, 3.63) is 0 Å². The Kier molecular flexibility index (Phi) is 35.6. The largest absolute Gasteiger partial charge is 0.460 e. The van der Waals surface area contributed by atoms with Crippen LogP contribution in [0.3, 0.4) is 0 Å². The molecule has 0 aromatic carbocycles. The van der Waals surface area contributed by atoms with E-state index in [0.29, 0.717) is 25.7 Å². The quantitative estimate of drug-likeness (QED) is 0.128. The molecule has 0 atom stereocenters. The van der Waals surface area contributed by atoms with E-state index in [1.165, 1.54) is 0 Å². The SMILES string of the molecule is C.C.C.C.C.C#CCOCC(COCC#C)(COCC#C)CC(=O)CCCCCC(=O)OC(C)(C)C. The van der Waals surface area contributed by atoms with Crippen LogP contribution in [0, 0.1) is 42.4 Å². The van der Waals surface area contributed by atoms with Gasteiger partial charge in [-0.25, -0.2) is 0 Å². The van der Waals surface area contributed by atoms with E-state index in [0.717, 1.165) is 6.42 Å².